The van der Waals surface area contributed by atoms with Crippen LogP contribution in [0.4, 0.5) is 11.4 Å². The summed E-state index contributed by atoms with van der Waals surface area (Å²) in [7, 11) is 0. The van der Waals surface area contributed by atoms with Gasteiger partial charge < -0.3 is 10.1 Å². The highest BCUT2D eigenvalue weighted by Crippen LogP contribution is 2.24. The fourth-order valence-corrected chi connectivity index (χ4v) is 2.82. The second-order valence-electron chi connectivity index (χ2n) is 6.20. The van der Waals surface area contributed by atoms with Crippen molar-refractivity contribution in [3.05, 3.63) is 81.9 Å². The van der Waals surface area contributed by atoms with Gasteiger partial charge in [-0.1, -0.05) is 12.1 Å². The van der Waals surface area contributed by atoms with Crippen LogP contribution in [0.5, 0.6) is 0 Å². The van der Waals surface area contributed by atoms with Crippen molar-refractivity contribution >= 4 is 35.1 Å². The minimum atomic E-state index is -0.866. The predicted molar refractivity (Wildman–Crippen MR) is 104 cm³/mol. The molecule has 10 heteroatoms. The van der Waals surface area contributed by atoms with E-state index in [9.17, 15) is 29.3 Å². The Kier molecular flexibility index (Phi) is 5.68. The molecule has 0 spiro atoms. The standard InChI is InChI=1S/C20H15N3O7/c1-2-8-22-18(25)15-7-6-12(9-16(15)19(22)26)20(27)30-11-17(24)21-13-4-3-5-14(10-13)23(28)29/h2-7,9-10H,1,8,11H2,(H,21,24). The molecule has 3 amide bonds. The van der Waals surface area contributed by atoms with Gasteiger partial charge in [0.15, 0.2) is 6.61 Å². The summed E-state index contributed by atoms with van der Waals surface area (Å²) < 4.78 is 4.93. The molecule has 1 aliphatic heterocycles. The molecule has 10 nitrogen and oxygen atoms in total. The Labute approximate surface area is 169 Å². The summed E-state index contributed by atoms with van der Waals surface area (Å²) in [6.07, 6.45) is 1.41. The molecule has 0 saturated carbocycles. The second-order valence-corrected chi connectivity index (χ2v) is 6.20. The molecule has 2 aromatic carbocycles. The number of carbonyl (C=O) groups is 4. The van der Waals surface area contributed by atoms with E-state index in [0.717, 1.165) is 11.0 Å². The van der Waals surface area contributed by atoms with Crippen LogP contribution in [0.3, 0.4) is 0 Å². The first-order valence-corrected chi connectivity index (χ1v) is 8.64. The van der Waals surface area contributed by atoms with Crippen LogP contribution < -0.4 is 5.32 Å². The third-order valence-electron chi connectivity index (χ3n) is 4.19. The molecular weight excluding hydrogens is 394 g/mol. The number of rotatable bonds is 7. The van der Waals surface area contributed by atoms with E-state index in [1.807, 2.05) is 0 Å². The van der Waals surface area contributed by atoms with Crippen molar-refractivity contribution in [3.8, 4) is 0 Å². The lowest BCUT2D eigenvalue weighted by molar-refractivity contribution is -0.384. The van der Waals surface area contributed by atoms with Crippen molar-refractivity contribution in [1.29, 1.82) is 0 Å². The molecule has 0 fully saturated rings. The molecule has 0 saturated heterocycles. The van der Waals surface area contributed by atoms with E-state index in [2.05, 4.69) is 11.9 Å². The summed E-state index contributed by atoms with van der Waals surface area (Å²) in [4.78, 5) is 59.8. The Morgan fingerprint density at radius 3 is 2.57 bits per heavy atom. The molecular formula is C20H15N3O7. The number of carbonyl (C=O) groups excluding carboxylic acids is 4. The van der Waals surface area contributed by atoms with Gasteiger partial charge in [0, 0.05) is 24.4 Å². The first-order chi connectivity index (χ1) is 14.3. The Bertz CT molecular complexity index is 1090. The molecule has 0 unspecified atom stereocenters. The Hall–Kier alpha value is -4.34. The number of amides is 3. The predicted octanol–water partition coefficient (Wildman–Crippen LogP) is 2.17. The number of esters is 1. The molecule has 3 rings (SSSR count). The second kappa shape index (κ2) is 8.35. The van der Waals surface area contributed by atoms with E-state index in [0.29, 0.717) is 0 Å². The number of fused-ring (bicyclic) bond motifs is 1. The minimum Gasteiger partial charge on any atom is -0.452 e. The van der Waals surface area contributed by atoms with E-state index in [4.69, 9.17) is 4.74 Å². The molecule has 2 aromatic rings. The Morgan fingerprint density at radius 1 is 1.13 bits per heavy atom. The highest BCUT2D eigenvalue weighted by atomic mass is 16.6. The van der Waals surface area contributed by atoms with Gasteiger partial charge in [0.05, 0.1) is 21.6 Å². The Morgan fingerprint density at radius 2 is 1.87 bits per heavy atom. The van der Waals surface area contributed by atoms with Crippen molar-refractivity contribution in [1.82, 2.24) is 4.90 Å². The number of ether oxygens (including phenoxy) is 1. The van der Waals surface area contributed by atoms with Crippen LogP contribution >= 0.6 is 0 Å². The maximum absolute atomic E-state index is 12.3. The van der Waals surface area contributed by atoms with Crippen LogP contribution in [0.15, 0.2) is 55.1 Å². The van der Waals surface area contributed by atoms with Crippen LogP contribution in [-0.4, -0.2) is 46.7 Å². The molecule has 1 aliphatic rings. The van der Waals surface area contributed by atoms with Gasteiger partial charge in [-0.15, -0.1) is 6.58 Å². The van der Waals surface area contributed by atoms with Crippen molar-refractivity contribution in [2.45, 2.75) is 0 Å². The number of nitro benzene ring substituents is 1. The van der Waals surface area contributed by atoms with Crippen LogP contribution in [0, 0.1) is 10.1 Å². The third-order valence-corrected chi connectivity index (χ3v) is 4.19. The fraction of sp³-hybridized carbons (Fsp3) is 0.100. The average molecular weight is 409 g/mol. The Balaban J connectivity index is 1.64. The highest BCUT2D eigenvalue weighted by molar-refractivity contribution is 6.22. The monoisotopic (exact) mass is 409 g/mol. The minimum absolute atomic E-state index is 0.00139. The SMILES string of the molecule is C=CCN1C(=O)c2ccc(C(=O)OCC(=O)Nc3cccc([N+](=O)[O-])c3)cc2C1=O. The summed E-state index contributed by atoms with van der Waals surface area (Å²) in [5.74, 6) is -2.60. The zero-order valence-electron chi connectivity index (χ0n) is 15.5. The average Bonchev–Trinajstić information content (AvgIpc) is 2.97. The van der Waals surface area contributed by atoms with Crippen molar-refractivity contribution < 1.29 is 28.8 Å². The van der Waals surface area contributed by atoms with Gasteiger partial charge in [0.25, 0.3) is 23.4 Å². The number of hydrogen-bond donors (Lipinski definition) is 1. The first-order valence-electron chi connectivity index (χ1n) is 8.64. The summed E-state index contributed by atoms with van der Waals surface area (Å²) >= 11 is 0. The van der Waals surface area contributed by atoms with Gasteiger partial charge in [-0.25, -0.2) is 4.79 Å². The smallest absolute Gasteiger partial charge is 0.338 e. The molecule has 0 aliphatic carbocycles. The van der Waals surface area contributed by atoms with Crippen LogP contribution in [0.25, 0.3) is 0 Å². The van der Waals surface area contributed by atoms with Gasteiger partial charge in [0.2, 0.25) is 0 Å². The highest BCUT2D eigenvalue weighted by Gasteiger charge is 2.35. The molecule has 152 valence electrons. The third kappa shape index (κ3) is 4.07. The summed E-state index contributed by atoms with van der Waals surface area (Å²) in [6, 6.07) is 9.19. The van der Waals surface area contributed by atoms with E-state index < -0.39 is 35.2 Å². The lowest BCUT2D eigenvalue weighted by Gasteiger charge is -2.09. The lowest BCUT2D eigenvalue weighted by atomic mass is 10.1. The molecule has 0 bridgehead atoms. The van der Waals surface area contributed by atoms with E-state index in [1.54, 1.807) is 0 Å². The van der Waals surface area contributed by atoms with Crippen LogP contribution in [0.2, 0.25) is 0 Å². The van der Waals surface area contributed by atoms with Gasteiger partial charge >= 0.3 is 5.97 Å². The van der Waals surface area contributed by atoms with E-state index in [-0.39, 0.29) is 34.6 Å². The van der Waals surface area contributed by atoms with Crippen molar-refractivity contribution in [2.24, 2.45) is 0 Å². The fourth-order valence-electron chi connectivity index (χ4n) is 2.82. The summed E-state index contributed by atoms with van der Waals surface area (Å²) in [5.41, 5.74) is 0.208. The van der Waals surface area contributed by atoms with Gasteiger partial charge in [0.1, 0.15) is 0 Å². The number of anilines is 1. The number of nitro groups is 1. The van der Waals surface area contributed by atoms with Crippen molar-refractivity contribution in [2.75, 3.05) is 18.5 Å². The topological polar surface area (TPSA) is 136 Å². The summed E-state index contributed by atoms with van der Waals surface area (Å²) in [5, 5.41) is 13.1. The van der Waals surface area contributed by atoms with Gasteiger partial charge in [-0.2, -0.15) is 0 Å². The number of non-ortho nitro benzene ring substituents is 1. The molecule has 1 heterocycles. The van der Waals surface area contributed by atoms with Crippen molar-refractivity contribution in [3.63, 3.8) is 0 Å². The van der Waals surface area contributed by atoms with E-state index in [1.165, 1.54) is 42.5 Å². The van der Waals surface area contributed by atoms with E-state index >= 15 is 0 Å². The number of nitrogens with zero attached hydrogens (tertiary/aromatic N) is 2. The number of hydrogen-bond acceptors (Lipinski definition) is 7. The quantitative estimate of drug-likeness (QED) is 0.243. The molecule has 1 N–H and O–H groups in total. The first kappa shape index (κ1) is 20.4. The normalized spacial score (nSPS) is 12.3. The summed E-state index contributed by atoms with van der Waals surface area (Å²) in [6.45, 7) is 2.90. The number of benzene rings is 2. The molecule has 0 aromatic heterocycles. The lowest BCUT2D eigenvalue weighted by Crippen LogP contribution is -2.29. The zero-order chi connectivity index (χ0) is 21.8. The van der Waals surface area contributed by atoms with Crippen LogP contribution in [0.1, 0.15) is 31.1 Å². The van der Waals surface area contributed by atoms with Gasteiger partial charge in [-0.3, -0.25) is 29.4 Å². The van der Waals surface area contributed by atoms with Crippen LogP contribution in [-0.2, 0) is 9.53 Å². The van der Waals surface area contributed by atoms with Gasteiger partial charge in [-0.05, 0) is 24.3 Å². The maximum atomic E-state index is 12.3. The maximum Gasteiger partial charge on any atom is 0.338 e. The largest absolute Gasteiger partial charge is 0.452 e. The number of imide groups is 1. The number of nitrogens with one attached hydrogen (secondary N) is 1. The molecule has 0 atom stereocenters. The molecule has 0 radical (unpaired) electrons. The molecule has 30 heavy (non-hydrogen) atoms. The zero-order valence-corrected chi connectivity index (χ0v) is 15.5.